The SMILES string of the molecule is CC(C(=O)O)c1ccccc1OS(C)(=O)=O. The number of para-hydroxylation sites is 1. The van der Waals surface area contributed by atoms with Crippen molar-refractivity contribution in [3.05, 3.63) is 29.8 Å². The molecular weight excluding hydrogens is 232 g/mol. The van der Waals surface area contributed by atoms with Gasteiger partial charge >= 0.3 is 16.1 Å². The Bertz CT molecular complexity index is 492. The number of hydrogen-bond acceptors (Lipinski definition) is 4. The number of hydrogen-bond donors (Lipinski definition) is 1. The van der Waals surface area contributed by atoms with Gasteiger partial charge in [0.15, 0.2) is 0 Å². The van der Waals surface area contributed by atoms with Gasteiger partial charge in [0.2, 0.25) is 0 Å². The summed E-state index contributed by atoms with van der Waals surface area (Å²) < 4.78 is 26.7. The number of carboxylic acids is 1. The first-order chi connectivity index (χ1) is 7.31. The molecule has 0 saturated carbocycles. The molecule has 0 radical (unpaired) electrons. The van der Waals surface area contributed by atoms with Crippen LogP contribution in [0.3, 0.4) is 0 Å². The van der Waals surface area contributed by atoms with Crippen molar-refractivity contribution in [2.24, 2.45) is 0 Å². The van der Waals surface area contributed by atoms with Gasteiger partial charge in [0.05, 0.1) is 12.2 Å². The van der Waals surface area contributed by atoms with E-state index in [1.165, 1.54) is 19.1 Å². The molecule has 0 heterocycles. The molecular formula is C10H12O5S. The molecule has 1 aromatic rings. The molecule has 0 aliphatic carbocycles. The number of aliphatic carboxylic acids is 1. The maximum atomic E-state index is 11.0. The fourth-order valence-corrected chi connectivity index (χ4v) is 1.69. The Labute approximate surface area is 93.8 Å². The molecule has 0 saturated heterocycles. The Morgan fingerprint density at radius 3 is 2.44 bits per heavy atom. The fourth-order valence-electron chi connectivity index (χ4n) is 1.21. The third kappa shape index (κ3) is 3.23. The summed E-state index contributed by atoms with van der Waals surface area (Å²) in [7, 11) is -3.65. The second-order valence-electron chi connectivity index (χ2n) is 3.39. The van der Waals surface area contributed by atoms with E-state index in [-0.39, 0.29) is 5.75 Å². The summed E-state index contributed by atoms with van der Waals surface area (Å²) in [6, 6.07) is 6.16. The van der Waals surface area contributed by atoms with Crippen LogP contribution in [0.25, 0.3) is 0 Å². The molecule has 0 amide bonds. The van der Waals surface area contributed by atoms with Crippen LogP contribution in [0, 0.1) is 0 Å². The van der Waals surface area contributed by atoms with Gasteiger partial charge in [-0.25, -0.2) is 0 Å². The standard InChI is InChI=1S/C10H12O5S/c1-7(10(11)12)8-5-3-4-6-9(8)15-16(2,13)14/h3-7H,1-2H3,(H,11,12). The van der Waals surface area contributed by atoms with Crippen molar-refractivity contribution in [3.63, 3.8) is 0 Å². The summed E-state index contributed by atoms with van der Waals surface area (Å²) in [4.78, 5) is 10.8. The highest BCUT2D eigenvalue weighted by atomic mass is 32.2. The van der Waals surface area contributed by atoms with Crippen molar-refractivity contribution in [3.8, 4) is 5.75 Å². The lowest BCUT2D eigenvalue weighted by Gasteiger charge is -2.12. The maximum absolute atomic E-state index is 11.0. The Morgan fingerprint density at radius 2 is 1.94 bits per heavy atom. The van der Waals surface area contributed by atoms with E-state index in [2.05, 4.69) is 0 Å². The van der Waals surface area contributed by atoms with Crippen molar-refractivity contribution in [2.45, 2.75) is 12.8 Å². The zero-order chi connectivity index (χ0) is 12.3. The molecule has 0 aliphatic rings. The normalized spacial score (nSPS) is 13.1. The van der Waals surface area contributed by atoms with Crippen LogP contribution in [0.2, 0.25) is 0 Å². The molecule has 88 valence electrons. The molecule has 1 rings (SSSR count). The third-order valence-corrected chi connectivity index (χ3v) is 2.48. The molecule has 6 heteroatoms. The Balaban J connectivity index is 3.15. The highest BCUT2D eigenvalue weighted by molar-refractivity contribution is 7.86. The second-order valence-corrected chi connectivity index (χ2v) is 4.96. The Hall–Kier alpha value is -1.56. The van der Waals surface area contributed by atoms with Gasteiger partial charge in [-0.15, -0.1) is 0 Å². The summed E-state index contributed by atoms with van der Waals surface area (Å²) in [5, 5.41) is 8.85. The van der Waals surface area contributed by atoms with E-state index in [0.29, 0.717) is 5.56 Å². The van der Waals surface area contributed by atoms with Crippen LogP contribution in [0.15, 0.2) is 24.3 Å². The number of carboxylic acid groups (broad SMARTS) is 1. The molecule has 5 nitrogen and oxygen atoms in total. The highest BCUT2D eigenvalue weighted by Gasteiger charge is 2.19. The molecule has 0 fully saturated rings. The van der Waals surface area contributed by atoms with Gasteiger partial charge in [-0.05, 0) is 13.0 Å². The predicted molar refractivity (Wildman–Crippen MR) is 58.0 cm³/mol. The first-order valence-corrected chi connectivity index (χ1v) is 6.34. The Kier molecular flexibility index (Phi) is 3.54. The minimum absolute atomic E-state index is 0.0555. The average molecular weight is 244 g/mol. The quantitative estimate of drug-likeness (QED) is 0.805. The van der Waals surface area contributed by atoms with E-state index in [0.717, 1.165) is 6.26 Å². The van der Waals surface area contributed by atoms with Gasteiger partial charge in [-0.2, -0.15) is 8.42 Å². The lowest BCUT2D eigenvalue weighted by Crippen LogP contribution is -2.12. The first-order valence-electron chi connectivity index (χ1n) is 4.52. The van der Waals surface area contributed by atoms with Gasteiger partial charge in [-0.3, -0.25) is 4.79 Å². The highest BCUT2D eigenvalue weighted by Crippen LogP contribution is 2.27. The molecule has 1 unspecified atom stereocenters. The largest absolute Gasteiger partial charge is 0.481 e. The van der Waals surface area contributed by atoms with Crippen molar-refractivity contribution in [1.82, 2.24) is 0 Å². The molecule has 1 atom stereocenters. The van der Waals surface area contributed by atoms with Crippen LogP contribution in [0.1, 0.15) is 18.4 Å². The monoisotopic (exact) mass is 244 g/mol. The molecule has 0 spiro atoms. The summed E-state index contributed by atoms with van der Waals surface area (Å²) >= 11 is 0. The van der Waals surface area contributed by atoms with Crippen molar-refractivity contribution in [2.75, 3.05) is 6.26 Å². The van der Waals surface area contributed by atoms with Gasteiger partial charge in [0.1, 0.15) is 5.75 Å². The van der Waals surface area contributed by atoms with Crippen LogP contribution < -0.4 is 4.18 Å². The second kappa shape index (κ2) is 4.52. The molecule has 0 aliphatic heterocycles. The summed E-state index contributed by atoms with van der Waals surface area (Å²) in [5.41, 5.74) is 0.334. The molecule has 0 bridgehead atoms. The van der Waals surface area contributed by atoms with E-state index in [1.807, 2.05) is 0 Å². The maximum Gasteiger partial charge on any atom is 0.310 e. The van der Waals surface area contributed by atoms with Gasteiger partial charge in [-0.1, -0.05) is 18.2 Å². The minimum atomic E-state index is -3.65. The van der Waals surface area contributed by atoms with E-state index < -0.39 is 22.0 Å². The third-order valence-electron chi connectivity index (χ3n) is 2.00. The van der Waals surface area contributed by atoms with E-state index in [4.69, 9.17) is 9.29 Å². The summed E-state index contributed by atoms with van der Waals surface area (Å²) in [5.74, 6) is -1.80. The number of carbonyl (C=O) groups is 1. The molecule has 1 aromatic carbocycles. The molecule has 16 heavy (non-hydrogen) atoms. The predicted octanol–water partition coefficient (Wildman–Crippen LogP) is 1.21. The summed E-state index contributed by atoms with van der Waals surface area (Å²) in [6.07, 6.45) is 0.912. The van der Waals surface area contributed by atoms with E-state index in [9.17, 15) is 13.2 Å². The number of rotatable bonds is 4. The Morgan fingerprint density at radius 1 is 1.38 bits per heavy atom. The van der Waals surface area contributed by atoms with E-state index >= 15 is 0 Å². The lowest BCUT2D eigenvalue weighted by molar-refractivity contribution is -0.138. The van der Waals surface area contributed by atoms with Crippen LogP contribution in [-0.4, -0.2) is 25.7 Å². The average Bonchev–Trinajstić information content (AvgIpc) is 2.15. The minimum Gasteiger partial charge on any atom is -0.481 e. The zero-order valence-corrected chi connectivity index (χ0v) is 9.69. The molecule has 1 N–H and O–H groups in total. The van der Waals surface area contributed by atoms with Crippen LogP contribution in [-0.2, 0) is 14.9 Å². The van der Waals surface area contributed by atoms with Crippen molar-refractivity contribution >= 4 is 16.1 Å². The van der Waals surface area contributed by atoms with Gasteiger partial charge < -0.3 is 9.29 Å². The van der Waals surface area contributed by atoms with Crippen LogP contribution in [0.5, 0.6) is 5.75 Å². The van der Waals surface area contributed by atoms with Crippen molar-refractivity contribution < 1.29 is 22.5 Å². The van der Waals surface area contributed by atoms with Gasteiger partial charge in [0.25, 0.3) is 0 Å². The van der Waals surface area contributed by atoms with Crippen molar-refractivity contribution in [1.29, 1.82) is 0 Å². The molecule has 0 aromatic heterocycles. The number of benzene rings is 1. The van der Waals surface area contributed by atoms with E-state index in [1.54, 1.807) is 12.1 Å². The van der Waals surface area contributed by atoms with Gasteiger partial charge in [0, 0.05) is 5.56 Å². The van der Waals surface area contributed by atoms with Crippen LogP contribution >= 0.6 is 0 Å². The summed E-state index contributed by atoms with van der Waals surface area (Å²) in [6.45, 7) is 1.47. The first kappa shape index (κ1) is 12.5. The lowest BCUT2D eigenvalue weighted by atomic mass is 10.0. The zero-order valence-electron chi connectivity index (χ0n) is 8.88. The smallest absolute Gasteiger partial charge is 0.310 e. The van der Waals surface area contributed by atoms with Crippen LogP contribution in [0.4, 0.5) is 0 Å². The topological polar surface area (TPSA) is 80.7 Å². The fraction of sp³-hybridized carbons (Fsp3) is 0.300.